The van der Waals surface area contributed by atoms with Crippen LogP contribution in [0.1, 0.15) is 59.8 Å². The fourth-order valence-electron chi connectivity index (χ4n) is 7.02. The fraction of sp³-hybridized carbons (Fsp3) is 0.238. The summed E-state index contributed by atoms with van der Waals surface area (Å²) < 4.78 is 36.7. The lowest BCUT2D eigenvalue weighted by Gasteiger charge is -2.39. The van der Waals surface area contributed by atoms with E-state index in [2.05, 4.69) is 20.9 Å². The molecule has 0 bridgehead atoms. The van der Waals surface area contributed by atoms with Gasteiger partial charge in [0.2, 0.25) is 21.8 Å². The van der Waals surface area contributed by atoms with Crippen molar-refractivity contribution >= 4 is 67.8 Å². The second kappa shape index (κ2) is 17.1. The third kappa shape index (κ3) is 8.87. The monoisotopic (exact) mass is 879 g/mol. The number of aromatic nitrogens is 2. The van der Waals surface area contributed by atoms with Crippen molar-refractivity contribution in [2.45, 2.75) is 37.6 Å². The number of thiazole rings is 1. The molecule has 318 valence electrons. The first-order valence-electron chi connectivity index (χ1n) is 19.2. The van der Waals surface area contributed by atoms with Crippen molar-refractivity contribution in [1.29, 1.82) is 0 Å². The van der Waals surface area contributed by atoms with Crippen molar-refractivity contribution in [3.63, 3.8) is 0 Å². The van der Waals surface area contributed by atoms with Crippen LogP contribution in [0.2, 0.25) is 0 Å². The van der Waals surface area contributed by atoms with E-state index in [1.54, 1.807) is 40.6 Å². The van der Waals surface area contributed by atoms with Gasteiger partial charge in [-0.1, -0.05) is 42.5 Å². The lowest BCUT2D eigenvalue weighted by atomic mass is 10.0. The molecule has 0 radical (unpaired) electrons. The van der Waals surface area contributed by atoms with E-state index in [1.807, 2.05) is 30.3 Å². The number of piperidine rings is 1. The summed E-state index contributed by atoms with van der Waals surface area (Å²) in [7, 11) is -3.64. The molecule has 20 heteroatoms. The van der Waals surface area contributed by atoms with E-state index < -0.39 is 57.6 Å². The largest absolute Gasteiger partial charge is 0.487 e. The number of anilines is 1. The second-order valence-electron chi connectivity index (χ2n) is 14.7. The quantitative estimate of drug-likeness (QED) is 0.137. The van der Waals surface area contributed by atoms with Gasteiger partial charge in [0.15, 0.2) is 5.13 Å². The maximum atomic E-state index is 13.5. The highest BCUT2D eigenvalue weighted by Gasteiger charge is 2.45. The number of nitrogens with one attached hydrogen (secondary N) is 3. The number of imide groups is 2. The summed E-state index contributed by atoms with van der Waals surface area (Å²) in [5, 5.41) is 9.61. The van der Waals surface area contributed by atoms with Gasteiger partial charge in [-0.05, 0) is 48.4 Å². The van der Waals surface area contributed by atoms with Crippen molar-refractivity contribution in [1.82, 2.24) is 29.4 Å². The zero-order chi connectivity index (χ0) is 43.7. The third-order valence-corrected chi connectivity index (χ3v) is 12.1. The molecule has 8 rings (SSSR count). The van der Waals surface area contributed by atoms with Crippen molar-refractivity contribution in [3.05, 3.63) is 124 Å². The summed E-state index contributed by atoms with van der Waals surface area (Å²) in [6, 6.07) is 19.5. The molecule has 5 aromatic rings. The van der Waals surface area contributed by atoms with Gasteiger partial charge in [0.05, 0.1) is 54.9 Å². The molecule has 2 fully saturated rings. The smallest absolute Gasteiger partial charge is 0.262 e. The molecule has 3 aliphatic rings. The average Bonchev–Trinajstić information content (AvgIpc) is 3.99. The highest BCUT2D eigenvalue weighted by Crippen LogP contribution is 2.31. The maximum absolute atomic E-state index is 13.5. The van der Waals surface area contributed by atoms with Crippen LogP contribution in [0.25, 0.3) is 11.3 Å². The number of carbonyl (C=O) groups is 7. The van der Waals surface area contributed by atoms with Crippen molar-refractivity contribution < 1.29 is 51.5 Å². The van der Waals surface area contributed by atoms with E-state index in [1.165, 1.54) is 35.7 Å². The minimum atomic E-state index is -3.64. The molecule has 0 aliphatic carbocycles. The van der Waals surface area contributed by atoms with E-state index in [-0.39, 0.29) is 67.8 Å². The minimum Gasteiger partial charge on any atom is -0.487 e. The van der Waals surface area contributed by atoms with Gasteiger partial charge in [0, 0.05) is 35.3 Å². The van der Waals surface area contributed by atoms with Crippen molar-refractivity contribution in [2.75, 3.05) is 31.3 Å². The van der Waals surface area contributed by atoms with E-state index in [0.29, 0.717) is 27.7 Å². The Morgan fingerprint density at radius 3 is 2.39 bits per heavy atom. The van der Waals surface area contributed by atoms with E-state index in [0.717, 1.165) is 26.9 Å². The first-order chi connectivity index (χ1) is 29.7. The molecular formula is C42H37N7O11S2. The summed E-state index contributed by atoms with van der Waals surface area (Å²) in [6.07, 6.45) is 3.05. The molecule has 3 aliphatic heterocycles. The Morgan fingerprint density at radius 1 is 0.935 bits per heavy atom. The highest BCUT2D eigenvalue weighted by atomic mass is 32.2. The number of ether oxygens (including phenoxy) is 2. The Morgan fingerprint density at radius 2 is 1.68 bits per heavy atom. The van der Waals surface area contributed by atoms with Crippen LogP contribution in [-0.2, 0) is 35.8 Å². The predicted octanol–water partition coefficient (Wildman–Crippen LogP) is 2.68. The van der Waals surface area contributed by atoms with Gasteiger partial charge in [0.1, 0.15) is 23.9 Å². The Hall–Kier alpha value is -7.03. The highest BCUT2D eigenvalue weighted by molar-refractivity contribution is 7.89. The molecule has 3 aromatic carbocycles. The third-order valence-electron chi connectivity index (χ3n) is 10.3. The number of hydrogen-bond acceptors (Lipinski definition) is 13. The molecule has 2 aromatic heterocycles. The fourth-order valence-corrected chi connectivity index (χ4v) is 8.33. The summed E-state index contributed by atoms with van der Waals surface area (Å²) in [4.78, 5) is 97.0. The summed E-state index contributed by atoms with van der Waals surface area (Å²) in [5.74, 6) is -3.65. The Kier molecular flexibility index (Phi) is 11.5. The summed E-state index contributed by atoms with van der Waals surface area (Å²) in [6.45, 7) is 0.287. The number of nitrogens with zero attached hydrogens (tertiary/aromatic N) is 4. The normalized spacial score (nSPS) is 17.0. The molecule has 62 heavy (non-hydrogen) atoms. The Labute approximate surface area is 357 Å². The average molecular weight is 880 g/mol. The van der Waals surface area contributed by atoms with Crippen molar-refractivity contribution in [3.8, 4) is 17.0 Å². The topological polar surface area (TPSA) is 232 Å². The molecule has 0 saturated carbocycles. The van der Waals surface area contributed by atoms with Gasteiger partial charge >= 0.3 is 0 Å². The van der Waals surface area contributed by atoms with Gasteiger partial charge in [-0.3, -0.25) is 47.8 Å². The SMILES string of the molecule is CS(=O)(=O)n1ccc(C(=O)N[C@@H](COCc2ccc(C(=O)N3CC(Oc4ccc5c(c4)C(=O)N(C4CCC(=O)NC4=O)C5=O)C3)cc2)C(=O)Nc2nc(-c3ccccc3)cs2)c1. The van der Waals surface area contributed by atoms with Crippen molar-refractivity contribution in [2.24, 2.45) is 0 Å². The lowest BCUT2D eigenvalue weighted by Crippen LogP contribution is -2.56. The maximum Gasteiger partial charge on any atom is 0.262 e. The molecular weight excluding hydrogens is 843 g/mol. The molecule has 18 nitrogen and oxygen atoms in total. The van der Waals surface area contributed by atoms with Crippen LogP contribution in [0.4, 0.5) is 5.13 Å². The number of likely N-dealkylation sites (tertiary alicyclic amines) is 1. The molecule has 2 saturated heterocycles. The number of carbonyl (C=O) groups excluding carboxylic acids is 7. The predicted molar refractivity (Wildman–Crippen MR) is 222 cm³/mol. The summed E-state index contributed by atoms with van der Waals surface area (Å²) >= 11 is 1.21. The Balaban J connectivity index is 0.843. The van der Waals surface area contributed by atoms with Gasteiger partial charge in [-0.2, -0.15) is 0 Å². The first-order valence-corrected chi connectivity index (χ1v) is 21.9. The molecule has 5 heterocycles. The zero-order valence-electron chi connectivity index (χ0n) is 32.8. The van der Waals surface area contributed by atoms with Crippen LogP contribution < -0.4 is 20.7 Å². The number of hydrogen-bond donors (Lipinski definition) is 3. The van der Waals surface area contributed by atoms with Gasteiger partial charge in [-0.15, -0.1) is 11.3 Å². The van der Waals surface area contributed by atoms with E-state index >= 15 is 0 Å². The summed E-state index contributed by atoms with van der Waals surface area (Å²) in [5.41, 5.74) is 2.84. The van der Waals surface area contributed by atoms with Crippen LogP contribution in [0.15, 0.2) is 96.6 Å². The Bertz CT molecular complexity index is 2730. The molecule has 3 N–H and O–H groups in total. The van der Waals surface area contributed by atoms with Crippen LogP contribution in [0.3, 0.4) is 0 Å². The molecule has 2 atom stereocenters. The minimum absolute atomic E-state index is 0.0142. The van der Waals surface area contributed by atoms with Crippen LogP contribution >= 0.6 is 11.3 Å². The van der Waals surface area contributed by atoms with Crippen LogP contribution in [-0.4, -0.2) is 113 Å². The molecule has 1 unspecified atom stereocenters. The van der Waals surface area contributed by atoms with Crippen LogP contribution in [0, 0.1) is 0 Å². The number of benzene rings is 3. The second-order valence-corrected chi connectivity index (χ2v) is 17.5. The first kappa shape index (κ1) is 41.7. The number of fused-ring (bicyclic) bond motifs is 1. The van der Waals surface area contributed by atoms with E-state index in [4.69, 9.17) is 9.47 Å². The van der Waals surface area contributed by atoms with E-state index in [9.17, 15) is 42.0 Å². The van der Waals surface area contributed by atoms with Gasteiger partial charge in [0.25, 0.3) is 29.5 Å². The van der Waals surface area contributed by atoms with Gasteiger partial charge in [-0.25, -0.2) is 13.4 Å². The number of rotatable bonds is 14. The lowest BCUT2D eigenvalue weighted by molar-refractivity contribution is -0.136. The van der Waals surface area contributed by atoms with Gasteiger partial charge < -0.3 is 25.0 Å². The molecule has 7 amide bonds. The number of amides is 7. The molecule has 0 spiro atoms. The standard InChI is InChI=1S/C42H37N7O11S2/c1-62(57,58)48-16-15-27(18-48)36(51)43-32(37(52)46-42-44-33(23-61-42)25-5-3-2-4-6-25)22-59-21-24-7-9-26(10-8-24)39(54)47-19-29(20-47)60-28-11-12-30-31(17-28)41(56)49(40(30)55)34-13-14-35(50)45-38(34)53/h2-12,15-18,23,29,32,34H,13-14,19-22H2,1H3,(H,43,51)(H,44,46,52)(H,45,50,53)/t32-,34?/m0/s1. The van der Waals surface area contributed by atoms with Crippen LogP contribution in [0.5, 0.6) is 5.75 Å². The zero-order valence-corrected chi connectivity index (χ0v) is 34.4.